The molecule has 0 saturated heterocycles. The number of nitrogens with zero attached hydrogens (tertiary/aromatic N) is 1. The Balaban J connectivity index is 1.81. The number of nitriles is 1. The van der Waals surface area contributed by atoms with Crippen LogP contribution in [0.2, 0.25) is 5.02 Å². The van der Waals surface area contributed by atoms with Gasteiger partial charge in [0, 0.05) is 10.7 Å². The standard InChI is InChI=1S/C18H15ClN2O4/c1-12(25-16-7-5-14(19)6-8-16)18(23)24-11-17(22)21-15-4-2-3-13(9-15)10-20/h2-9,12H,11H2,1H3,(H,21,22)/t12-/m0/s1. The summed E-state index contributed by atoms with van der Waals surface area (Å²) in [5.74, 6) is -0.718. The van der Waals surface area contributed by atoms with Gasteiger partial charge in [-0.25, -0.2) is 4.79 Å². The van der Waals surface area contributed by atoms with E-state index in [2.05, 4.69) is 5.32 Å². The third kappa shape index (κ3) is 5.83. The summed E-state index contributed by atoms with van der Waals surface area (Å²) in [6.07, 6.45) is -0.879. The fraction of sp³-hybridized carbons (Fsp3) is 0.167. The van der Waals surface area contributed by atoms with E-state index in [0.29, 0.717) is 22.0 Å². The monoisotopic (exact) mass is 358 g/mol. The van der Waals surface area contributed by atoms with Crippen LogP contribution >= 0.6 is 11.6 Å². The number of nitrogens with one attached hydrogen (secondary N) is 1. The second kappa shape index (κ2) is 8.71. The lowest BCUT2D eigenvalue weighted by molar-refractivity contribution is -0.153. The molecule has 0 aliphatic rings. The number of hydrogen-bond acceptors (Lipinski definition) is 5. The van der Waals surface area contributed by atoms with E-state index in [-0.39, 0.29) is 0 Å². The van der Waals surface area contributed by atoms with Crippen molar-refractivity contribution in [2.45, 2.75) is 13.0 Å². The molecule has 25 heavy (non-hydrogen) atoms. The molecule has 0 heterocycles. The molecule has 2 aromatic rings. The highest BCUT2D eigenvalue weighted by atomic mass is 35.5. The first kappa shape index (κ1) is 18.3. The molecule has 2 rings (SSSR count). The fourth-order valence-electron chi connectivity index (χ4n) is 1.88. The molecule has 1 atom stereocenters. The lowest BCUT2D eigenvalue weighted by atomic mass is 10.2. The Morgan fingerprint density at radius 1 is 1.24 bits per heavy atom. The van der Waals surface area contributed by atoms with Gasteiger partial charge in [-0.2, -0.15) is 5.26 Å². The van der Waals surface area contributed by atoms with E-state index in [4.69, 9.17) is 26.3 Å². The molecule has 0 bridgehead atoms. The number of hydrogen-bond donors (Lipinski definition) is 1. The number of ether oxygens (including phenoxy) is 2. The van der Waals surface area contributed by atoms with Gasteiger partial charge in [-0.15, -0.1) is 0 Å². The van der Waals surface area contributed by atoms with E-state index >= 15 is 0 Å². The second-order valence-corrected chi connectivity index (χ2v) is 5.50. The molecular weight excluding hydrogens is 344 g/mol. The van der Waals surface area contributed by atoms with Crippen molar-refractivity contribution in [3.05, 3.63) is 59.1 Å². The van der Waals surface area contributed by atoms with E-state index in [0.717, 1.165) is 0 Å². The molecular formula is C18H15ClN2O4. The number of amides is 1. The molecule has 0 radical (unpaired) electrons. The molecule has 0 saturated carbocycles. The summed E-state index contributed by atoms with van der Waals surface area (Å²) < 4.78 is 10.3. The van der Waals surface area contributed by atoms with Gasteiger partial charge in [0.2, 0.25) is 0 Å². The van der Waals surface area contributed by atoms with Crippen LogP contribution in [0.15, 0.2) is 48.5 Å². The summed E-state index contributed by atoms with van der Waals surface area (Å²) in [5, 5.41) is 11.9. The SMILES string of the molecule is C[C@H](Oc1ccc(Cl)cc1)C(=O)OCC(=O)Nc1cccc(C#N)c1. The molecule has 7 heteroatoms. The highest BCUT2D eigenvalue weighted by Crippen LogP contribution is 2.17. The van der Waals surface area contributed by atoms with E-state index in [1.165, 1.54) is 13.0 Å². The number of benzene rings is 2. The maximum absolute atomic E-state index is 11.9. The Bertz CT molecular complexity index is 799. The van der Waals surface area contributed by atoms with Crippen molar-refractivity contribution < 1.29 is 19.1 Å². The van der Waals surface area contributed by atoms with Crippen LogP contribution in [0.1, 0.15) is 12.5 Å². The maximum Gasteiger partial charge on any atom is 0.347 e. The van der Waals surface area contributed by atoms with Crippen molar-refractivity contribution in [2.75, 3.05) is 11.9 Å². The first-order valence-electron chi connectivity index (χ1n) is 7.37. The lowest BCUT2D eigenvalue weighted by Gasteiger charge is -2.14. The molecule has 6 nitrogen and oxygen atoms in total. The van der Waals surface area contributed by atoms with Crippen LogP contribution < -0.4 is 10.1 Å². The van der Waals surface area contributed by atoms with Crippen molar-refractivity contribution >= 4 is 29.2 Å². The Morgan fingerprint density at radius 2 is 1.96 bits per heavy atom. The van der Waals surface area contributed by atoms with Gasteiger partial charge in [0.15, 0.2) is 12.7 Å². The van der Waals surface area contributed by atoms with Gasteiger partial charge in [-0.1, -0.05) is 17.7 Å². The Hall–Kier alpha value is -3.04. The maximum atomic E-state index is 11.9. The van der Waals surface area contributed by atoms with Gasteiger partial charge in [0.1, 0.15) is 5.75 Å². The summed E-state index contributed by atoms with van der Waals surface area (Å²) in [4.78, 5) is 23.7. The molecule has 1 amide bonds. The number of anilines is 1. The molecule has 2 aromatic carbocycles. The number of esters is 1. The van der Waals surface area contributed by atoms with Gasteiger partial charge in [-0.3, -0.25) is 4.79 Å². The zero-order valence-electron chi connectivity index (χ0n) is 13.4. The quantitative estimate of drug-likeness (QED) is 0.801. The van der Waals surface area contributed by atoms with E-state index in [1.807, 2.05) is 6.07 Å². The molecule has 0 aliphatic heterocycles. The normalized spacial score (nSPS) is 11.1. The third-order valence-corrected chi connectivity index (χ3v) is 3.33. The van der Waals surface area contributed by atoms with Crippen LogP contribution in [0.4, 0.5) is 5.69 Å². The highest BCUT2D eigenvalue weighted by molar-refractivity contribution is 6.30. The smallest absolute Gasteiger partial charge is 0.347 e. The number of halogens is 1. The minimum atomic E-state index is -0.879. The largest absolute Gasteiger partial charge is 0.479 e. The predicted octanol–water partition coefficient (Wildman–Crippen LogP) is 3.16. The van der Waals surface area contributed by atoms with E-state index in [1.54, 1.807) is 42.5 Å². The summed E-state index contributed by atoms with van der Waals surface area (Å²) in [6.45, 7) is 1.06. The predicted molar refractivity (Wildman–Crippen MR) is 92.3 cm³/mol. The zero-order valence-corrected chi connectivity index (χ0v) is 14.1. The molecule has 0 fully saturated rings. The average molecular weight is 359 g/mol. The van der Waals surface area contributed by atoms with Crippen LogP contribution in [-0.2, 0) is 14.3 Å². The molecule has 0 spiro atoms. The highest BCUT2D eigenvalue weighted by Gasteiger charge is 2.18. The van der Waals surface area contributed by atoms with Crippen LogP contribution in [0, 0.1) is 11.3 Å². The third-order valence-electron chi connectivity index (χ3n) is 3.08. The topological polar surface area (TPSA) is 88.4 Å². The minimum Gasteiger partial charge on any atom is -0.479 e. The summed E-state index contributed by atoms with van der Waals surface area (Å²) in [6, 6.07) is 14.9. The van der Waals surface area contributed by atoms with Crippen molar-refractivity contribution in [2.24, 2.45) is 0 Å². The van der Waals surface area contributed by atoms with Crippen molar-refractivity contribution in [1.82, 2.24) is 0 Å². The van der Waals surface area contributed by atoms with Crippen molar-refractivity contribution in [3.63, 3.8) is 0 Å². The molecule has 0 unspecified atom stereocenters. The second-order valence-electron chi connectivity index (χ2n) is 5.06. The summed E-state index contributed by atoms with van der Waals surface area (Å²) >= 11 is 5.77. The van der Waals surface area contributed by atoms with Crippen LogP contribution in [0.25, 0.3) is 0 Å². The Kier molecular flexibility index (Phi) is 6.38. The van der Waals surface area contributed by atoms with Gasteiger partial charge in [0.25, 0.3) is 5.91 Å². The average Bonchev–Trinajstić information content (AvgIpc) is 2.61. The Labute approximate surface area is 149 Å². The molecule has 0 aliphatic carbocycles. The van der Waals surface area contributed by atoms with Crippen LogP contribution in [-0.4, -0.2) is 24.6 Å². The van der Waals surface area contributed by atoms with Crippen LogP contribution in [0.3, 0.4) is 0 Å². The van der Waals surface area contributed by atoms with Gasteiger partial charge >= 0.3 is 5.97 Å². The first-order valence-corrected chi connectivity index (χ1v) is 7.74. The number of carbonyl (C=O) groups excluding carboxylic acids is 2. The first-order chi connectivity index (χ1) is 12.0. The molecule has 0 aromatic heterocycles. The Morgan fingerprint density at radius 3 is 2.64 bits per heavy atom. The summed E-state index contributed by atoms with van der Waals surface area (Å²) in [5.41, 5.74) is 0.866. The van der Waals surface area contributed by atoms with E-state index < -0.39 is 24.6 Å². The van der Waals surface area contributed by atoms with Crippen molar-refractivity contribution in [3.8, 4) is 11.8 Å². The van der Waals surface area contributed by atoms with Gasteiger partial charge in [0.05, 0.1) is 11.6 Å². The zero-order chi connectivity index (χ0) is 18.2. The summed E-state index contributed by atoms with van der Waals surface area (Å²) in [7, 11) is 0. The number of rotatable bonds is 6. The molecule has 128 valence electrons. The van der Waals surface area contributed by atoms with Gasteiger partial charge < -0.3 is 14.8 Å². The lowest BCUT2D eigenvalue weighted by Crippen LogP contribution is -2.29. The van der Waals surface area contributed by atoms with Gasteiger partial charge in [-0.05, 0) is 49.4 Å². The van der Waals surface area contributed by atoms with Crippen molar-refractivity contribution in [1.29, 1.82) is 5.26 Å². The molecule has 1 N–H and O–H groups in total. The minimum absolute atomic E-state index is 0.416. The number of carbonyl (C=O) groups is 2. The van der Waals surface area contributed by atoms with Crippen LogP contribution in [0.5, 0.6) is 5.75 Å². The van der Waals surface area contributed by atoms with E-state index in [9.17, 15) is 9.59 Å². The fourth-order valence-corrected chi connectivity index (χ4v) is 2.01.